The first-order valence-electron chi connectivity index (χ1n) is 6.47. The van der Waals surface area contributed by atoms with Crippen molar-refractivity contribution >= 4 is 0 Å². The number of nitriles is 1. The molecule has 0 heterocycles. The molecule has 1 nitrogen and oxygen atoms in total. The van der Waals surface area contributed by atoms with E-state index in [2.05, 4.69) is 6.07 Å². The maximum absolute atomic E-state index is 12.3. The Labute approximate surface area is 106 Å². The summed E-state index contributed by atoms with van der Waals surface area (Å²) < 4.78 is 24.6. The smallest absolute Gasteiger partial charge is 0.211 e. The zero-order chi connectivity index (χ0) is 13.0. The van der Waals surface area contributed by atoms with Crippen LogP contribution in [-0.2, 0) is 0 Å². The average molecular weight is 249 g/mol. The first kappa shape index (κ1) is 13.0. The van der Waals surface area contributed by atoms with Gasteiger partial charge in [0.25, 0.3) is 0 Å². The second-order valence-electron chi connectivity index (χ2n) is 5.08. The largest absolute Gasteiger partial charge is 0.238 e. The highest BCUT2D eigenvalue weighted by Crippen LogP contribution is 2.37. The van der Waals surface area contributed by atoms with E-state index >= 15 is 0 Å². The van der Waals surface area contributed by atoms with Crippen LogP contribution in [0.25, 0.3) is 0 Å². The number of benzene rings is 1. The number of halogens is 2. The van der Waals surface area contributed by atoms with Crippen LogP contribution in [-0.4, -0.2) is 6.43 Å². The third-order valence-corrected chi connectivity index (χ3v) is 3.87. The number of alkyl halides is 2. The van der Waals surface area contributed by atoms with Crippen molar-refractivity contribution in [3.8, 4) is 6.07 Å². The van der Waals surface area contributed by atoms with Gasteiger partial charge in [-0.25, -0.2) is 8.78 Å². The standard InChI is InChI=1S/C15H17F2N/c16-15(17)9-11-1-5-13(6-2-11)14-7-3-12(10-18)4-8-14/h3-4,7-8,11,13,15H,1-2,5-6,9H2/t11-,13-. The van der Waals surface area contributed by atoms with Gasteiger partial charge >= 0.3 is 0 Å². The van der Waals surface area contributed by atoms with E-state index in [-0.39, 0.29) is 12.3 Å². The molecule has 0 saturated heterocycles. The second kappa shape index (κ2) is 5.95. The molecule has 0 N–H and O–H groups in total. The highest BCUT2D eigenvalue weighted by molar-refractivity contribution is 5.33. The van der Waals surface area contributed by atoms with Crippen molar-refractivity contribution in [1.29, 1.82) is 5.26 Å². The van der Waals surface area contributed by atoms with Crippen LogP contribution in [0.4, 0.5) is 8.78 Å². The van der Waals surface area contributed by atoms with Crippen LogP contribution < -0.4 is 0 Å². The van der Waals surface area contributed by atoms with E-state index in [0.29, 0.717) is 11.5 Å². The average Bonchev–Trinajstić information content (AvgIpc) is 2.39. The Morgan fingerprint density at radius 3 is 2.22 bits per heavy atom. The van der Waals surface area contributed by atoms with Gasteiger partial charge in [-0.05, 0) is 55.2 Å². The highest BCUT2D eigenvalue weighted by Gasteiger charge is 2.24. The first-order valence-corrected chi connectivity index (χ1v) is 6.47. The van der Waals surface area contributed by atoms with Gasteiger partial charge in [-0.1, -0.05) is 12.1 Å². The molecule has 0 atom stereocenters. The summed E-state index contributed by atoms with van der Waals surface area (Å²) in [5, 5.41) is 8.74. The molecule has 0 aromatic heterocycles. The molecule has 1 aliphatic carbocycles. The van der Waals surface area contributed by atoms with Gasteiger partial charge < -0.3 is 0 Å². The first-order chi connectivity index (χ1) is 8.69. The van der Waals surface area contributed by atoms with Crippen LogP contribution in [0.5, 0.6) is 0 Å². The monoisotopic (exact) mass is 249 g/mol. The maximum atomic E-state index is 12.3. The minimum atomic E-state index is -2.17. The quantitative estimate of drug-likeness (QED) is 0.774. The number of hydrogen-bond donors (Lipinski definition) is 0. The summed E-state index contributed by atoms with van der Waals surface area (Å²) in [5.41, 5.74) is 1.91. The zero-order valence-corrected chi connectivity index (χ0v) is 10.3. The van der Waals surface area contributed by atoms with Gasteiger partial charge in [-0.15, -0.1) is 0 Å². The number of rotatable bonds is 3. The topological polar surface area (TPSA) is 23.8 Å². The van der Waals surface area contributed by atoms with Crippen molar-refractivity contribution in [2.24, 2.45) is 5.92 Å². The third kappa shape index (κ3) is 3.29. The predicted molar refractivity (Wildman–Crippen MR) is 66.5 cm³/mol. The van der Waals surface area contributed by atoms with Crippen LogP contribution in [0, 0.1) is 17.2 Å². The van der Waals surface area contributed by atoms with Crippen LogP contribution >= 0.6 is 0 Å². The van der Waals surface area contributed by atoms with Crippen molar-refractivity contribution in [3.63, 3.8) is 0 Å². The summed E-state index contributed by atoms with van der Waals surface area (Å²) in [7, 11) is 0. The van der Waals surface area contributed by atoms with Crippen LogP contribution in [0.3, 0.4) is 0 Å². The number of hydrogen-bond acceptors (Lipinski definition) is 1. The van der Waals surface area contributed by atoms with Crippen LogP contribution in [0.2, 0.25) is 0 Å². The lowest BCUT2D eigenvalue weighted by atomic mass is 9.77. The summed E-state index contributed by atoms with van der Waals surface area (Å²) in [6.07, 6.45) is 1.66. The van der Waals surface area contributed by atoms with E-state index in [4.69, 9.17) is 5.26 Å². The molecule has 2 rings (SSSR count). The molecule has 3 heteroatoms. The predicted octanol–water partition coefficient (Wildman–Crippen LogP) is 4.49. The van der Waals surface area contributed by atoms with Crippen molar-refractivity contribution in [3.05, 3.63) is 35.4 Å². The Balaban J connectivity index is 1.91. The van der Waals surface area contributed by atoms with Gasteiger partial charge in [-0.3, -0.25) is 0 Å². The molecule has 1 aromatic rings. The maximum Gasteiger partial charge on any atom is 0.238 e. The van der Waals surface area contributed by atoms with Gasteiger partial charge in [0.1, 0.15) is 0 Å². The second-order valence-corrected chi connectivity index (χ2v) is 5.08. The Kier molecular flexibility index (Phi) is 4.30. The molecule has 1 aromatic carbocycles. The molecule has 1 fully saturated rings. The van der Waals surface area contributed by atoms with Gasteiger partial charge in [0.2, 0.25) is 6.43 Å². The summed E-state index contributed by atoms with van der Waals surface area (Å²) in [6, 6.07) is 9.76. The Morgan fingerprint density at radius 1 is 1.11 bits per heavy atom. The van der Waals surface area contributed by atoms with Crippen LogP contribution in [0.1, 0.15) is 49.1 Å². The minimum absolute atomic E-state index is 0.0556. The van der Waals surface area contributed by atoms with Crippen molar-refractivity contribution < 1.29 is 8.78 Å². The summed E-state index contributed by atoms with van der Waals surface area (Å²) in [6.45, 7) is 0. The van der Waals surface area contributed by atoms with Crippen molar-refractivity contribution in [2.45, 2.75) is 44.4 Å². The van der Waals surface area contributed by atoms with Crippen LogP contribution in [0.15, 0.2) is 24.3 Å². The van der Waals surface area contributed by atoms with Gasteiger partial charge in [-0.2, -0.15) is 5.26 Å². The Morgan fingerprint density at radius 2 is 1.72 bits per heavy atom. The minimum Gasteiger partial charge on any atom is -0.211 e. The molecule has 0 amide bonds. The molecule has 1 aliphatic rings. The SMILES string of the molecule is N#Cc1ccc([C@H]2CC[C@H](CC(F)F)CC2)cc1. The normalized spacial score (nSPS) is 23.9. The van der Waals surface area contributed by atoms with Gasteiger partial charge in [0.05, 0.1) is 11.6 Å². The fraction of sp³-hybridized carbons (Fsp3) is 0.533. The van der Waals surface area contributed by atoms with Gasteiger partial charge in [0, 0.05) is 6.42 Å². The lowest BCUT2D eigenvalue weighted by Crippen LogP contribution is -2.15. The van der Waals surface area contributed by atoms with Crippen molar-refractivity contribution in [1.82, 2.24) is 0 Å². The molecule has 96 valence electrons. The highest BCUT2D eigenvalue weighted by atomic mass is 19.3. The Bertz CT molecular complexity index is 411. The molecular weight excluding hydrogens is 232 g/mol. The summed E-state index contributed by atoms with van der Waals surface area (Å²) >= 11 is 0. The molecular formula is C15H17F2N. The molecule has 0 radical (unpaired) electrons. The molecule has 18 heavy (non-hydrogen) atoms. The fourth-order valence-electron chi connectivity index (χ4n) is 2.81. The number of nitrogens with zero attached hydrogens (tertiary/aromatic N) is 1. The lowest BCUT2D eigenvalue weighted by molar-refractivity contribution is 0.102. The van der Waals surface area contributed by atoms with Gasteiger partial charge in [0.15, 0.2) is 0 Å². The lowest BCUT2D eigenvalue weighted by Gasteiger charge is -2.28. The van der Waals surface area contributed by atoms with E-state index in [1.165, 1.54) is 5.56 Å². The van der Waals surface area contributed by atoms with E-state index in [1.807, 2.05) is 24.3 Å². The van der Waals surface area contributed by atoms with E-state index in [0.717, 1.165) is 25.7 Å². The Hall–Kier alpha value is -1.43. The molecule has 1 saturated carbocycles. The van der Waals surface area contributed by atoms with E-state index < -0.39 is 6.43 Å². The van der Waals surface area contributed by atoms with E-state index in [1.54, 1.807) is 0 Å². The molecule has 0 bridgehead atoms. The van der Waals surface area contributed by atoms with E-state index in [9.17, 15) is 8.78 Å². The zero-order valence-electron chi connectivity index (χ0n) is 10.3. The third-order valence-electron chi connectivity index (χ3n) is 3.87. The fourth-order valence-corrected chi connectivity index (χ4v) is 2.81. The summed E-state index contributed by atoms with van der Waals surface area (Å²) in [5.74, 6) is 0.672. The molecule has 0 aliphatic heterocycles. The molecule has 0 spiro atoms. The van der Waals surface area contributed by atoms with Crippen molar-refractivity contribution in [2.75, 3.05) is 0 Å². The summed E-state index contributed by atoms with van der Waals surface area (Å²) in [4.78, 5) is 0. The molecule has 0 unspecified atom stereocenters.